The SMILES string of the molecule is CN(Cc1cccc(N)c1C(=O)O)c1cccc(F)c1. The van der Waals surface area contributed by atoms with E-state index in [1.807, 2.05) is 0 Å². The number of nitrogens with two attached hydrogens (primary N) is 1. The van der Waals surface area contributed by atoms with Crippen molar-refractivity contribution in [2.45, 2.75) is 6.54 Å². The van der Waals surface area contributed by atoms with E-state index in [1.165, 1.54) is 12.1 Å². The number of rotatable bonds is 4. The maximum absolute atomic E-state index is 13.2. The predicted octanol–water partition coefficient (Wildman–Crippen LogP) is 2.74. The molecule has 4 nitrogen and oxygen atoms in total. The number of halogens is 1. The van der Waals surface area contributed by atoms with Gasteiger partial charge in [0.2, 0.25) is 0 Å². The third-order valence-electron chi connectivity index (χ3n) is 3.05. The Kier molecular flexibility index (Phi) is 3.89. The Labute approximate surface area is 116 Å². The summed E-state index contributed by atoms with van der Waals surface area (Å²) in [4.78, 5) is 13.0. The molecule has 0 aliphatic carbocycles. The first-order valence-corrected chi connectivity index (χ1v) is 6.06. The highest BCUT2D eigenvalue weighted by molar-refractivity contribution is 5.95. The molecular weight excluding hydrogens is 259 g/mol. The van der Waals surface area contributed by atoms with E-state index in [0.717, 1.165) is 0 Å². The van der Waals surface area contributed by atoms with Crippen LogP contribution in [0, 0.1) is 5.82 Å². The van der Waals surface area contributed by atoms with Crippen molar-refractivity contribution in [3.63, 3.8) is 0 Å². The zero-order valence-corrected chi connectivity index (χ0v) is 11.0. The monoisotopic (exact) mass is 274 g/mol. The van der Waals surface area contributed by atoms with Crippen molar-refractivity contribution < 1.29 is 14.3 Å². The maximum Gasteiger partial charge on any atom is 0.338 e. The van der Waals surface area contributed by atoms with Crippen LogP contribution >= 0.6 is 0 Å². The van der Waals surface area contributed by atoms with Gasteiger partial charge in [0.1, 0.15) is 5.82 Å². The van der Waals surface area contributed by atoms with Gasteiger partial charge in [0.25, 0.3) is 0 Å². The molecule has 2 rings (SSSR count). The molecule has 0 amide bonds. The van der Waals surface area contributed by atoms with Gasteiger partial charge in [-0.2, -0.15) is 0 Å². The second-order valence-corrected chi connectivity index (χ2v) is 4.52. The maximum atomic E-state index is 13.2. The fourth-order valence-electron chi connectivity index (χ4n) is 2.07. The summed E-state index contributed by atoms with van der Waals surface area (Å²) in [5.74, 6) is -1.40. The fraction of sp³-hybridized carbons (Fsp3) is 0.133. The number of carboxylic acid groups (broad SMARTS) is 1. The van der Waals surface area contributed by atoms with Crippen LogP contribution in [0.2, 0.25) is 0 Å². The molecule has 0 spiro atoms. The molecule has 0 aliphatic rings. The van der Waals surface area contributed by atoms with E-state index >= 15 is 0 Å². The number of aromatic carboxylic acids is 1. The summed E-state index contributed by atoms with van der Waals surface area (Å²) in [5, 5.41) is 9.22. The lowest BCUT2D eigenvalue weighted by Gasteiger charge is -2.21. The molecule has 0 aliphatic heterocycles. The summed E-state index contributed by atoms with van der Waals surface area (Å²) in [7, 11) is 1.77. The molecule has 0 radical (unpaired) electrons. The number of nitrogens with zero attached hydrogens (tertiary/aromatic N) is 1. The van der Waals surface area contributed by atoms with Crippen LogP contribution in [0.4, 0.5) is 15.8 Å². The van der Waals surface area contributed by atoms with Crippen LogP contribution in [0.1, 0.15) is 15.9 Å². The quantitative estimate of drug-likeness (QED) is 0.841. The molecular formula is C15H15FN2O2. The number of hydrogen-bond acceptors (Lipinski definition) is 3. The zero-order chi connectivity index (χ0) is 14.7. The van der Waals surface area contributed by atoms with Gasteiger partial charge in [-0.1, -0.05) is 18.2 Å². The summed E-state index contributed by atoms with van der Waals surface area (Å²) in [6.07, 6.45) is 0. The number of carboxylic acids is 1. The fourth-order valence-corrected chi connectivity index (χ4v) is 2.07. The molecule has 2 aromatic carbocycles. The first-order chi connectivity index (χ1) is 9.49. The molecule has 2 aromatic rings. The Morgan fingerprint density at radius 3 is 2.65 bits per heavy atom. The highest BCUT2D eigenvalue weighted by Gasteiger charge is 2.15. The summed E-state index contributed by atoms with van der Waals surface area (Å²) in [5.41, 5.74) is 7.28. The standard InChI is InChI=1S/C15H15FN2O2/c1-18(12-6-3-5-11(16)8-12)9-10-4-2-7-13(17)14(10)15(19)20/h2-8H,9,17H2,1H3,(H,19,20). The number of hydrogen-bond donors (Lipinski definition) is 2. The van der Waals surface area contributed by atoms with Gasteiger partial charge >= 0.3 is 5.97 Å². The Morgan fingerprint density at radius 2 is 2.00 bits per heavy atom. The first-order valence-electron chi connectivity index (χ1n) is 6.06. The second-order valence-electron chi connectivity index (χ2n) is 4.52. The van der Waals surface area contributed by atoms with Crippen molar-refractivity contribution in [3.8, 4) is 0 Å². The largest absolute Gasteiger partial charge is 0.478 e. The summed E-state index contributed by atoms with van der Waals surface area (Å²) in [6, 6.07) is 11.1. The smallest absolute Gasteiger partial charge is 0.338 e. The minimum absolute atomic E-state index is 0.0933. The van der Waals surface area contributed by atoms with E-state index in [0.29, 0.717) is 17.8 Å². The van der Waals surface area contributed by atoms with Gasteiger partial charge in [0.05, 0.1) is 5.56 Å². The Balaban J connectivity index is 2.30. The molecule has 0 fully saturated rings. The van der Waals surface area contributed by atoms with Crippen molar-refractivity contribution in [1.29, 1.82) is 0 Å². The summed E-state index contributed by atoms with van der Waals surface area (Å²) >= 11 is 0. The lowest BCUT2D eigenvalue weighted by Crippen LogP contribution is -2.19. The van der Waals surface area contributed by atoms with Crippen LogP contribution in [-0.4, -0.2) is 18.1 Å². The lowest BCUT2D eigenvalue weighted by atomic mass is 10.0. The van der Waals surface area contributed by atoms with Crippen LogP contribution in [0.15, 0.2) is 42.5 Å². The molecule has 0 atom stereocenters. The average molecular weight is 274 g/mol. The first kappa shape index (κ1) is 13.9. The lowest BCUT2D eigenvalue weighted by molar-refractivity contribution is 0.0697. The van der Waals surface area contributed by atoms with Crippen molar-refractivity contribution in [3.05, 3.63) is 59.4 Å². The van der Waals surface area contributed by atoms with Crippen LogP contribution in [0.3, 0.4) is 0 Å². The molecule has 3 N–H and O–H groups in total. The van der Waals surface area contributed by atoms with Crippen LogP contribution in [-0.2, 0) is 6.54 Å². The predicted molar refractivity (Wildman–Crippen MR) is 76.3 cm³/mol. The molecule has 104 valence electrons. The highest BCUT2D eigenvalue weighted by Crippen LogP contribution is 2.21. The topological polar surface area (TPSA) is 66.6 Å². The second kappa shape index (κ2) is 5.61. The van der Waals surface area contributed by atoms with Crippen molar-refractivity contribution >= 4 is 17.3 Å². The van der Waals surface area contributed by atoms with E-state index in [9.17, 15) is 14.3 Å². The van der Waals surface area contributed by atoms with E-state index < -0.39 is 5.97 Å². The molecule has 5 heteroatoms. The van der Waals surface area contributed by atoms with E-state index in [4.69, 9.17) is 5.73 Å². The Bertz CT molecular complexity index is 644. The summed E-state index contributed by atoms with van der Waals surface area (Å²) < 4.78 is 13.2. The average Bonchev–Trinajstić information content (AvgIpc) is 2.38. The van der Waals surface area contributed by atoms with E-state index in [-0.39, 0.29) is 17.1 Å². The van der Waals surface area contributed by atoms with Gasteiger partial charge in [0, 0.05) is 25.0 Å². The number of benzene rings is 2. The molecule has 20 heavy (non-hydrogen) atoms. The van der Waals surface area contributed by atoms with E-state index in [2.05, 4.69) is 0 Å². The van der Waals surface area contributed by atoms with Crippen molar-refractivity contribution in [1.82, 2.24) is 0 Å². The third kappa shape index (κ3) is 2.88. The van der Waals surface area contributed by atoms with Gasteiger partial charge in [-0.05, 0) is 29.8 Å². The molecule has 0 bridgehead atoms. The normalized spacial score (nSPS) is 10.3. The minimum atomic E-state index is -1.06. The number of anilines is 2. The number of carbonyl (C=O) groups is 1. The van der Waals surface area contributed by atoms with Gasteiger partial charge in [-0.15, -0.1) is 0 Å². The van der Waals surface area contributed by atoms with Gasteiger partial charge in [0.15, 0.2) is 0 Å². The molecule has 0 heterocycles. The highest BCUT2D eigenvalue weighted by atomic mass is 19.1. The molecule has 0 unspecified atom stereocenters. The van der Waals surface area contributed by atoms with Crippen LogP contribution in [0.25, 0.3) is 0 Å². The Hall–Kier alpha value is -2.56. The van der Waals surface area contributed by atoms with Gasteiger partial charge in [-0.25, -0.2) is 9.18 Å². The Morgan fingerprint density at radius 1 is 1.30 bits per heavy atom. The van der Waals surface area contributed by atoms with Gasteiger partial charge in [-0.3, -0.25) is 0 Å². The van der Waals surface area contributed by atoms with Crippen molar-refractivity contribution in [2.75, 3.05) is 17.7 Å². The minimum Gasteiger partial charge on any atom is -0.478 e. The summed E-state index contributed by atoms with van der Waals surface area (Å²) in [6.45, 7) is 0.329. The molecule has 0 aromatic heterocycles. The van der Waals surface area contributed by atoms with E-state index in [1.54, 1.807) is 42.3 Å². The molecule has 0 saturated heterocycles. The van der Waals surface area contributed by atoms with Crippen LogP contribution in [0.5, 0.6) is 0 Å². The van der Waals surface area contributed by atoms with Gasteiger partial charge < -0.3 is 15.7 Å². The van der Waals surface area contributed by atoms with Crippen molar-refractivity contribution in [2.24, 2.45) is 0 Å². The third-order valence-corrected chi connectivity index (χ3v) is 3.05. The van der Waals surface area contributed by atoms with Crippen LogP contribution < -0.4 is 10.6 Å². The zero-order valence-electron chi connectivity index (χ0n) is 11.0. The number of nitrogen functional groups attached to an aromatic ring is 1. The molecule has 0 saturated carbocycles.